The van der Waals surface area contributed by atoms with Gasteiger partial charge in [-0.2, -0.15) is 8.78 Å². The van der Waals surface area contributed by atoms with E-state index in [4.69, 9.17) is 9.47 Å². The van der Waals surface area contributed by atoms with Gasteiger partial charge in [-0.25, -0.2) is 0 Å². The van der Waals surface area contributed by atoms with Crippen LogP contribution >= 0.6 is 0 Å². The van der Waals surface area contributed by atoms with Crippen LogP contribution in [0.4, 0.5) is 8.78 Å². The molecule has 2 nitrogen and oxygen atoms in total. The van der Waals surface area contributed by atoms with Crippen LogP contribution < -0.4 is 0 Å². The van der Waals surface area contributed by atoms with Gasteiger partial charge in [0.15, 0.2) is 6.29 Å². The van der Waals surface area contributed by atoms with E-state index < -0.39 is 6.08 Å². The van der Waals surface area contributed by atoms with Crippen LogP contribution in [0, 0.1) is 41.4 Å². The Labute approximate surface area is 226 Å². The number of hydrogen-bond acceptors (Lipinski definition) is 2. The highest BCUT2D eigenvalue weighted by Gasteiger charge is 2.34. The summed E-state index contributed by atoms with van der Waals surface area (Å²) < 4.78 is 36.9. The molecule has 1 saturated heterocycles. The summed E-state index contributed by atoms with van der Waals surface area (Å²) in [6.07, 6.45) is 25.9. The summed E-state index contributed by atoms with van der Waals surface area (Å²) in [6, 6.07) is 0. The highest BCUT2D eigenvalue weighted by atomic mass is 19.3. The predicted molar refractivity (Wildman–Crippen MR) is 148 cm³/mol. The monoisotopic (exact) mass is 522 g/mol. The molecule has 0 aromatic carbocycles. The molecular formula is C33H56F2O2. The molecule has 0 bridgehead atoms. The van der Waals surface area contributed by atoms with Gasteiger partial charge >= 0.3 is 0 Å². The van der Waals surface area contributed by atoms with Crippen LogP contribution in [0.2, 0.25) is 0 Å². The minimum atomic E-state index is -1.48. The maximum atomic E-state index is 12.6. The van der Waals surface area contributed by atoms with Crippen molar-refractivity contribution in [3.8, 4) is 0 Å². The zero-order valence-electron chi connectivity index (χ0n) is 23.8. The molecule has 214 valence electrons. The Morgan fingerprint density at radius 3 is 1.70 bits per heavy atom. The highest BCUT2D eigenvalue weighted by molar-refractivity contribution is 4.92. The van der Waals surface area contributed by atoms with Crippen molar-refractivity contribution in [2.24, 2.45) is 41.4 Å². The molecule has 0 radical (unpaired) electrons. The van der Waals surface area contributed by atoms with Crippen LogP contribution in [0.5, 0.6) is 0 Å². The Morgan fingerprint density at radius 1 is 0.676 bits per heavy atom. The minimum Gasteiger partial charge on any atom is -0.353 e. The first-order valence-electron chi connectivity index (χ1n) is 16.4. The average molecular weight is 523 g/mol. The molecule has 3 saturated carbocycles. The van der Waals surface area contributed by atoms with Crippen LogP contribution in [0.25, 0.3) is 0 Å². The number of allylic oxidation sites excluding steroid dienone is 1. The van der Waals surface area contributed by atoms with E-state index in [1.807, 2.05) is 0 Å². The SMILES string of the molecule is CCCCOC1CCC(CCCCC2CCC(C3CCC(C4CCC(C=C(F)F)CC4)CC3)CC2)CO1. The molecule has 0 N–H and O–H groups in total. The van der Waals surface area contributed by atoms with E-state index in [-0.39, 0.29) is 12.2 Å². The van der Waals surface area contributed by atoms with Crippen LogP contribution in [0.15, 0.2) is 12.2 Å². The fourth-order valence-corrected chi connectivity index (χ4v) is 8.36. The lowest BCUT2D eigenvalue weighted by molar-refractivity contribution is -0.176. The molecule has 4 fully saturated rings. The molecule has 0 amide bonds. The molecule has 0 spiro atoms. The Balaban J connectivity index is 1.02. The molecule has 3 aliphatic carbocycles. The first-order valence-corrected chi connectivity index (χ1v) is 16.4. The summed E-state index contributed by atoms with van der Waals surface area (Å²) in [5.41, 5.74) is 0. The molecule has 0 aromatic heterocycles. The molecule has 4 rings (SSSR count). The summed E-state index contributed by atoms with van der Waals surface area (Å²) in [4.78, 5) is 0. The molecule has 2 unspecified atom stereocenters. The van der Waals surface area contributed by atoms with Gasteiger partial charge in [0.05, 0.1) is 6.61 Å². The molecule has 1 aliphatic heterocycles. The summed E-state index contributed by atoms with van der Waals surface area (Å²) in [6.45, 7) is 3.96. The molecule has 37 heavy (non-hydrogen) atoms. The lowest BCUT2D eigenvalue weighted by Crippen LogP contribution is -2.29. The molecule has 4 aliphatic rings. The minimum absolute atomic E-state index is 0.0612. The molecule has 4 heteroatoms. The van der Waals surface area contributed by atoms with Gasteiger partial charge in [0.2, 0.25) is 0 Å². The van der Waals surface area contributed by atoms with E-state index in [1.54, 1.807) is 0 Å². The van der Waals surface area contributed by atoms with E-state index >= 15 is 0 Å². The van der Waals surface area contributed by atoms with Crippen molar-refractivity contribution in [1.29, 1.82) is 0 Å². The van der Waals surface area contributed by atoms with Crippen LogP contribution in [0.3, 0.4) is 0 Å². The number of unbranched alkanes of at least 4 members (excludes halogenated alkanes) is 2. The third-order valence-electron chi connectivity index (χ3n) is 10.8. The van der Waals surface area contributed by atoms with Gasteiger partial charge in [-0.05, 0) is 137 Å². The van der Waals surface area contributed by atoms with Gasteiger partial charge in [0.25, 0.3) is 6.08 Å². The van der Waals surface area contributed by atoms with Gasteiger partial charge in [-0.15, -0.1) is 0 Å². The van der Waals surface area contributed by atoms with E-state index in [1.165, 1.54) is 109 Å². The highest BCUT2D eigenvalue weighted by Crippen LogP contribution is 2.46. The maximum absolute atomic E-state index is 12.6. The summed E-state index contributed by atoms with van der Waals surface area (Å²) in [5.74, 6) is 5.51. The average Bonchev–Trinajstić information content (AvgIpc) is 2.93. The van der Waals surface area contributed by atoms with Crippen molar-refractivity contribution in [2.45, 2.75) is 142 Å². The van der Waals surface area contributed by atoms with E-state index in [0.717, 1.165) is 74.4 Å². The Hall–Kier alpha value is -0.480. The normalized spacial score (nSPS) is 37.3. The molecule has 0 aromatic rings. The molecule has 1 heterocycles. The Bertz CT molecular complexity index is 631. The summed E-state index contributed by atoms with van der Waals surface area (Å²) in [5, 5.41) is 0. The zero-order chi connectivity index (χ0) is 25.9. The second-order valence-electron chi connectivity index (χ2n) is 13.3. The summed E-state index contributed by atoms with van der Waals surface area (Å²) in [7, 11) is 0. The third-order valence-corrected chi connectivity index (χ3v) is 10.8. The van der Waals surface area contributed by atoms with Crippen molar-refractivity contribution >= 4 is 0 Å². The first kappa shape index (κ1) is 29.5. The van der Waals surface area contributed by atoms with Gasteiger partial charge < -0.3 is 9.47 Å². The number of rotatable bonds is 12. The van der Waals surface area contributed by atoms with Crippen molar-refractivity contribution in [3.63, 3.8) is 0 Å². The topological polar surface area (TPSA) is 18.5 Å². The van der Waals surface area contributed by atoms with E-state index in [9.17, 15) is 8.78 Å². The maximum Gasteiger partial charge on any atom is 0.266 e. The molecular weight excluding hydrogens is 466 g/mol. The summed E-state index contributed by atoms with van der Waals surface area (Å²) >= 11 is 0. The smallest absolute Gasteiger partial charge is 0.266 e. The van der Waals surface area contributed by atoms with Gasteiger partial charge in [0, 0.05) is 6.61 Å². The van der Waals surface area contributed by atoms with Gasteiger partial charge in [-0.3, -0.25) is 0 Å². The van der Waals surface area contributed by atoms with Crippen molar-refractivity contribution in [2.75, 3.05) is 13.2 Å². The van der Waals surface area contributed by atoms with Gasteiger partial charge in [0.1, 0.15) is 0 Å². The van der Waals surface area contributed by atoms with E-state index in [2.05, 4.69) is 6.92 Å². The van der Waals surface area contributed by atoms with Crippen molar-refractivity contribution < 1.29 is 18.3 Å². The van der Waals surface area contributed by atoms with Gasteiger partial charge in [-0.1, -0.05) is 45.4 Å². The molecule has 2 atom stereocenters. The van der Waals surface area contributed by atoms with Crippen molar-refractivity contribution in [3.05, 3.63) is 12.2 Å². The number of hydrogen-bond donors (Lipinski definition) is 0. The predicted octanol–water partition coefficient (Wildman–Crippen LogP) is 10.3. The van der Waals surface area contributed by atoms with E-state index in [0.29, 0.717) is 0 Å². The largest absolute Gasteiger partial charge is 0.353 e. The lowest BCUT2D eigenvalue weighted by atomic mass is 9.65. The van der Waals surface area contributed by atoms with Crippen LogP contribution in [-0.4, -0.2) is 19.5 Å². The Morgan fingerprint density at radius 2 is 1.19 bits per heavy atom. The fourth-order valence-electron chi connectivity index (χ4n) is 8.36. The fraction of sp³-hybridized carbons (Fsp3) is 0.939. The number of ether oxygens (including phenoxy) is 2. The Kier molecular flexibility index (Phi) is 12.7. The first-order chi connectivity index (χ1) is 18.1. The standard InChI is InChI=1S/C33H56F2O2/c1-2-3-22-36-33-21-12-27(24-37-33)7-5-4-6-25-8-13-28(14-9-25)30-17-19-31(20-18-30)29-15-10-26(11-16-29)23-32(34)35/h23,25-31,33H,2-22,24H2,1H3. The quantitative estimate of drug-likeness (QED) is 0.237. The third kappa shape index (κ3) is 9.89. The van der Waals surface area contributed by atoms with Crippen molar-refractivity contribution in [1.82, 2.24) is 0 Å². The second-order valence-corrected chi connectivity index (χ2v) is 13.3. The van der Waals surface area contributed by atoms with Crippen LogP contribution in [0.1, 0.15) is 135 Å². The zero-order valence-corrected chi connectivity index (χ0v) is 23.8. The van der Waals surface area contributed by atoms with Crippen LogP contribution in [-0.2, 0) is 9.47 Å². The number of halogens is 2. The second kappa shape index (κ2) is 15.9. The lowest BCUT2D eigenvalue weighted by Gasteiger charge is -2.41.